The molecule has 0 saturated carbocycles. The number of fused-ring (bicyclic) bond motifs is 1. The van der Waals surface area contributed by atoms with Crippen molar-refractivity contribution in [2.45, 2.75) is 12.5 Å². The third kappa shape index (κ3) is 2.15. The molecule has 2 aromatic rings. The number of aliphatic hydroxyl groups excluding tert-OH is 1. The van der Waals surface area contributed by atoms with Gasteiger partial charge in [-0.15, -0.1) is 0 Å². The number of anilines is 1. The summed E-state index contributed by atoms with van der Waals surface area (Å²) in [4.78, 5) is 6.76. The van der Waals surface area contributed by atoms with Gasteiger partial charge in [0, 0.05) is 22.9 Å². The minimum absolute atomic E-state index is 0.211. The number of hydrogen-bond donors (Lipinski definition) is 1. The van der Waals surface area contributed by atoms with Crippen LogP contribution in [0, 0.1) is 0 Å². The molecule has 4 heteroatoms. The fourth-order valence-electron chi connectivity index (χ4n) is 2.21. The third-order valence-electron chi connectivity index (χ3n) is 3.12. The van der Waals surface area contributed by atoms with Gasteiger partial charge in [0.15, 0.2) is 0 Å². The maximum absolute atomic E-state index is 9.53. The molecule has 88 valence electrons. The fraction of sp³-hybridized carbons (Fsp3) is 0.308. The van der Waals surface area contributed by atoms with Gasteiger partial charge in [-0.3, -0.25) is 0 Å². The Labute approximate surface area is 108 Å². The van der Waals surface area contributed by atoms with Crippen LogP contribution in [0.15, 0.2) is 34.8 Å². The second-order valence-corrected chi connectivity index (χ2v) is 5.31. The van der Waals surface area contributed by atoms with Gasteiger partial charge in [-0.1, -0.05) is 15.9 Å². The molecule has 17 heavy (non-hydrogen) atoms. The number of hydrogen-bond acceptors (Lipinski definition) is 3. The molecular weight excluding hydrogens is 280 g/mol. The molecule has 1 aromatic carbocycles. The smallest absolute Gasteiger partial charge is 0.129 e. The Bertz CT molecular complexity index is 558. The first kappa shape index (κ1) is 11.0. The predicted molar refractivity (Wildman–Crippen MR) is 72.3 cm³/mol. The van der Waals surface area contributed by atoms with E-state index in [1.54, 1.807) is 0 Å². The van der Waals surface area contributed by atoms with Gasteiger partial charge in [0.05, 0.1) is 11.6 Å². The molecule has 0 amide bonds. The topological polar surface area (TPSA) is 36.4 Å². The molecule has 0 spiro atoms. The Hall–Kier alpha value is -1.13. The summed E-state index contributed by atoms with van der Waals surface area (Å²) in [5.41, 5.74) is 0.993. The summed E-state index contributed by atoms with van der Waals surface area (Å²) in [6.07, 6.45) is 0.623. The number of pyridine rings is 1. The molecule has 1 aliphatic rings. The van der Waals surface area contributed by atoms with E-state index in [2.05, 4.69) is 37.9 Å². The van der Waals surface area contributed by atoms with Crippen molar-refractivity contribution in [2.75, 3.05) is 18.0 Å². The second kappa shape index (κ2) is 4.27. The maximum atomic E-state index is 9.53. The maximum Gasteiger partial charge on any atom is 0.129 e. The Morgan fingerprint density at radius 1 is 1.29 bits per heavy atom. The molecule has 0 unspecified atom stereocenters. The van der Waals surface area contributed by atoms with Crippen LogP contribution in [0.5, 0.6) is 0 Å². The molecule has 1 aromatic heterocycles. The van der Waals surface area contributed by atoms with Crippen molar-refractivity contribution in [1.82, 2.24) is 4.98 Å². The van der Waals surface area contributed by atoms with Crippen molar-refractivity contribution in [3.63, 3.8) is 0 Å². The van der Waals surface area contributed by atoms with E-state index in [9.17, 15) is 5.11 Å². The Morgan fingerprint density at radius 2 is 2.18 bits per heavy atom. The molecule has 3 rings (SSSR count). The standard InChI is InChI=1S/C13H13BrN2O/c14-10-2-3-12-9(7-10)1-4-13(15-12)16-6-5-11(17)8-16/h1-4,7,11,17H,5-6,8H2/t11-/m0/s1. The van der Waals surface area contributed by atoms with Gasteiger partial charge in [0.1, 0.15) is 5.82 Å². The van der Waals surface area contributed by atoms with E-state index in [0.29, 0.717) is 6.54 Å². The average Bonchev–Trinajstić information content (AvgIpc) is 2.75. The molecule has 1 atom stereocenters. The number of halogens is 1. The number of β-amino-alcohol motifs (C(OH)–C–C–N with tert-alkyl or cyclic N) is 1. The van der Waals surface area contributed by atoms with Gasteiger partial charge >= 0.3 is 0 Å². The van der Waals surface area contributed by atoms with E-state index < -0.39 is 0 Å². The molecular formula is C13H13BrN2O. The number of rotatable bonds is 1. The van der Waals surface area contributed by atoms with E-state index in [4.69, 9.17) is 0 Å². The monoisotopic (exact) mass is 292 g/mol. The third-order valence-corrected chi connectivity index (χ3v) is 3.62. The minimum Gasteiger partial charge on any atom is -0.391 e. The van der Waals surface area contributed by atoms with Gasteiger partial charge < -0.3 is 10.0 Å². The fourth-order valence-corrected chi connectivity index (χ4v) is 2.59. The van der Waals surface area contributed by atoms with Crippen LogP contribution in [0.3, 0.4) is 0 Å². The van der Waals surface area contributed by atoms with E-state index in [1.807, 2.05) is 18.2 Å². The molecule has 1 N–H and O–H groups in total. The summed E-state index contributed by atoms with van der Waals surface area (Å²) in [6, 6.07) is 10.2. The summed E-state index contributed by atoms with van der Waals surface area (Å²) in [6.45, 7) is 1.57. The van der Waals surface area contributed by atoms with Crippen molar-refractivity contribution in [3.8, 4) is 0 Å². The highest BCUT2D eigenvalue weighted by molar-refractivity contribution is 9.10. The molecule has 0 bridgehead atoms. The van der Waals surface area contributed by atoms with Crippen LogP contribution in [-0.4, -0.2) is 29.3 Å². The molecule has 0 radical (unpaired) electrons. The number of aromatic nitrogens is 1. The van der Waals surface area contributed by atoms with Crippen LogP contribution in [0.1, 0.15) is 6.42 Å². The van der Waals surface area contributed by atoms with E-state index >= 15 is 0 Å². The first-order valence-corrected chi connectivity index (χ1v) is 6.51. The Balaban J connectivity index is 1.99. The lowest BCUT2D eigenvalue weighted by Crippen LogP contribution is -2.22. The van der Waals surface area contributed by atoms with Crippen LogP contribution in [0.25, 0.3) is 10.9 Å². The highest BCUT2D eigenvalue weighted by Crippen LogP contribution is 2.23. The van der Waals surface area contributed by atoms with Crippen LogP contribution in [0.4, 0.5) is 5.82 Å². The zero-order valence-corrected chi connectivity index (χ0v) is 10.9. The summed E-state index contributed by atoms with van der Waals surface area (Å²) >= 11 is 3.45. The molecule has 1 fully saturated rings. The average molecular weight is 293 g/mol. The van der Waals surface area contributed by atoms with Crippen LogP contribution < -0.4 is 4.90 Å². The number of aliphatic hydroxyl groups is 1. The van der Waals surface area contributed by atoms with Gasteiger partial charge in [0.2, 0.25) is 0 Å². The van der Waals surface area contributed by atoms with Crippen molar-refractivity contribution < 1.29 is 5.11 Å². The molecule has 0 aliphatic carbocycles. The van der Waals surface area contributed by atoms with Gasteiger partial charge in [-0.2, -0.15) is 0 Å². The predicted octanol–water partition coefficient (Wildman–Crippen LogP) is 2.57. The Morgan fingerprint density at radius 3 is 2.94 bits per heavy atom. The van der Waals surface area contributed by atoms with Crippen LogP contribution in [0.2, 0.25) is 0 Å². The molecule has 1 aliphatic heterocycles. The van der Waals surface area contributed by atoms with E-state index in [1.165, 1.54) is 0 Å². The first-order valence-electron chi connectivity index (χ1n) is 5.72. The van der Waals surface area contributed by atoms with Crippen molar-refractivity contribution >= 4 is 32.7 Å². The van der Waals surface area contributed by atoms with Gasteiger partial charge in [-0.05, 0) is 36.8 Å². The molecule has 2 heterocycles. The van der Waals surface area contributed by atoms with E-state index in [0.717, 1.165) is 34.2 Å². The minimum atomic E-state index is -0.211. The van der Waals surface area contributed by atoms with E-state index in [-0.39, 0.29) is 6.10 Å². The summed E-state index contributed by atoms with van der Waals surface area (Å²) in [5, 5.41) is 10.7. The van der Waals surface area contributed by atoms with Crippen molar-refractivity contribution in [2.24, 2.45) is 0 Å². The largest absolute Gasteiger partial charge is 0.391 e. The second-order valence-electron chi connectivity index (χ2n) is 4.39. The highest BCUT2D eigenvalue weighted by Gasteiger charge is 2.21. The van der Waals surface area contributed by atoms with Crippen LogP contribution in [-0.2, 0) is 0 Å². The van der Waals surface area contributed by atoms with Crippen molar-refractivity contribution in [3.05, 3.63) is 34.8 Å². The molecule has 3 nitrogen and oxygen atoms in total. The lowest BCUT2D eigenvalue weighted by Gasteiger charge is -2.16. The molecule has 1 saturated heterocycles. The van der Waals surface area contributed by atoms with Crippen LogP contribution >= 0.6 is 15.9 Å². The van der Waals surface area contributed by atoms with Crippen molar-refractivity contribution in [1.29, 1.82) is 0 Å². The van der Waals surface area contributed by atoms with Gasteiger partial charge in [-0.25, -0.2) is 4.98 Å². The lowest BCUT2D eigenvalue weighted by molar-refractivity contribution is 0.198. The first-order chi connectivity index (χ1) is 8.22. The summed E-state index contributed by atoms with van der Waals surface area (Å²) in [5.74, 6) is 0.955. The normalized spacial score (nSPS) is 20.1. The summed E-state index contributed by atoms with van der Waals surface area (Å²) in [7, 11) is 0. The quantitative estimate of drug-likeness (QED) is 0.878. The highest BCUT2D eigenvalue weighted by atomic mass is 79.9. The zero-order chi connectivity index (χ0) is 11.8. The number of nitrogens with zero attached hydrogens (tertiary/aromatic N) is 2. The zero-order valence-electron chi connectivity index (χ0n) is 9.31. The number of benzene rings is 1. The Kier molecular flexibility index (Phi) is 2.76. The summed E-state index contributed by atoms with van der Waals surface area (Å²) < 4.78 is 1.07. The SMILES string of the molecule is O[C@H]1CCN(c2ccc3cc(Br)ccc3n2)C1. The van der Waals surface area contributed by atoms with Gasteiger partial charge in [0.25, 0.3) is 0 Å². The lowest BCUT2D eigenvalue weighted by atomic mass is 10.2.